The van der Waals surface area contributed by atoms with Crippen LogP contribution in [0.25, 0.3) is 28.0 Å². The Morgan fingerprint density at radius 3 is 2.57 bits per heavy atom. The van der Waals surface area contributed by atoms with Gasteiger partial charge < -0.3 is 10.2 Å². The van der Waals surface area contributed by atoms with Crippen molar-refractivity contribution in [1.29, 1.82) is 0 Å². The molecule has 154 valence electrons. The van der Waals surface area contributed by atoms with E-state index in [0.717, 1.165) is 27.8 Å². The summed E-state index contributed by atoms with van der Waals surface area (Å²) in [6, 6.07) is 8.75. The van der Waals surface area contributed by atoms with Crippen molar-refractivity contribution in [3.05, 3.63) is 51.9 Å². The minimum Gasteiger partial charge on any atom is -0.508 e. The van der Waals surface area contributed by atoms with E-state index in [2.05, 4.69) is 10.2 Å². The molecule has 0 fully saturated rings. The third-order valence-corrected chi connectivity index (χ3v) is 5.84. The lowest BCUT2D eigenvalue weighted by atomic mass is 10.1. The van der Waals surface area contributed by atoms with Crippen LogP contribution in [-0.2, 0) is 6.42 Å². The van der Waals surface area contributed by atoms with Crippen molar-refractivity contribution in [3.8, 4) is 28.6 Å². The van der Waals surface area contributed by atoms with Gasteiger partial charge in [-0.05, 0) is 67.9 Å². The molecule has 0 spiro atoms. The van der Waals surface area contributed by atoms with Crippen LogP contribution in [0.1, 0.15) is 35.5 Å². The highest BCUT2D eigenvalue weighted by molar-refractivity contribution is 7.71. The number of rotatable bonds is 3. The Bertz CT molecular complexity index is 1380. The molecule has 0 saturated heterocycles. The highest BCUT2D eigenvalue weighted by Gasteiger charge is 2.19. The lowest BCUT2D eigenvalue weighted by Gasteiger charge is -2.11. The Labute approximate surface area is 178 Å². The van der Waals surface area contributed by atoms with Crippen molar-refractivity contribution in [1.82, 2.24) is 19.3 Å². The number of phenolic OH excluding ortho intramolecular Hbond substituents is 2. The van der Waals surface area contributed by atoms with Gasteiger partial charge in [0, 0.05) is 24.1 Å². The lowest BCUT2D eigenvalue weighted by molar-refractivity contribution is 0.0939. The molecule has 4 rings (SSSR count). The highest BCUT2D eigenvalue weighted by Crippen LogP contribution is 2.36. The number of aromatic amines is 1. The van der Waals surface area contributed by atoms with Gasteiger partial charge in [0.05, 0.1) is 16.8 Å². The third kappa shape index (κ3) is 2.91. The van der Waals surface area contributed by atoms with Crippen LogP contribution in [0, 0.1) is 18.6 Å². The maximum atomic E-state index is 12.1. The first kappa shape index (κ1) is 19.9. The molecule has 0 atom stereocenters. The topological polar surface area (TPSA) is 96.1 Å². The minimum absolute atomic E-state index is 0.0394. The quantitative estimate of drug-likeness (QED) is 0.412. The Hall–Kier alpha value is -3.39. The predicted molar refractivity (Wildman–Crippen MR) is 118 cm³/mol. The van der Waals surface area contributed by atoms with Crippen molar-refractivity contribution in [3.63, 3.8) is 0 Å². The Kier molecular flexibility index (Phi) is 4.74. The number of phenols is 2. The first-order valence-electron chi connectivity index (χ1n) is 9.60. The molecule has 0 radical (unpaired) electrons. The molecule has 8 heteroatoms. The fourth-order valence-corrected chi connectivity index (χ4v) is 4.15. The average molecular weight is 423 g/mol. The van der Waals surface area contributed by atoms with E-state index in [4.69, 9.17) is 12.2 Å². The molecule has 0 saturated carbocycles. The van der Waals surface area contributed by atoms with Gasteiger partial charge in [-0.1, -0.05) is 6.92 Å². The van der Waals surface area contributed by atoms with Gasteiger partial charge in [-0.15, -0.1) is 0 Å². The Balaban J connectivity index is 1.97. The number of aromatic nitrogens is 4. The summed E-state index contributed by atoms with van der Waals surface area (Å²) in [6.07, 6.45) is 0.604. The first-order chi connectivity index (χ1) is 14.2. The summed E-state index contributed by atoms with van der Waals surface area (Å²) in [7, 11) is 0. The molecule has 0 aliphatic rings. The van der Waals surface area contributed by atoms with Gasteiger partial charge in [0.1, 0.15) is 11.5 Å². The molecule has 0 bridgehead atoms. The second kappa shape index (κ2) is 7.14. The number of H-pyrrole nitrogens is 1. The largest absolute Gasteiger partial charge is 0.508 e. The number of carbonyl (C=O) groups is 1. The average Bonchev–Trinajstić information content (AvgIpc) is 3.19. The summed E-state index contributed by atoms with van der Waals surface area (Å²) in [4.78, 5) is 12.1. The molecule has 2 aromatic carbocycles. The number of benzene rings is 2. The molecule has 2 heterocycles. The fourth-order valence-electron chi connectivity index (χ4n) is 3.91. The molecule has 7 nitrogen and oxygen atoms in total. The predicted octanol–water partition coefficient (Wildman–Crippen LogP) is 4.80. The first-order valence-corrected chi connectivity index (χ1v) is 10.0. The molecule has 0 unspecified atom stereocenters. The van der Waals surface area contributed by atoms with Gasteiger partial charge in [0.2, 0.25) is 5.91 Å². The zero-order chi connectivity index (χ0) is 21.7. The van der Waals surface area contributed by atoms with E-state index in [9.17, 15) is 15.0 Å². The van der Waals surface area contributed by atoms with Crippen molar-refractivity contribution >= 4 is 29.0 Å². The number of hydrogen-bond acceptors (Lipinski definition) is 5. The van der Waals surface area contributed by atoms with Crippen LogP contribution in [0.2, 0.25) is 0 Å². The molecule has 0 aliphatic carbocycles. The molecule has 3 N–H and O–H groups in total. The summed E-state index contributed by atoms with van der Waals surface area (Å²) in [5, 5.41) is 28.6. The number of carbonyl (C=O) groups excluding carboxylic acids is 1. The number of fused-ring (bicyclic) bond motifs is 1. The number of hydrogen-bond donors (Lipinski definition) is 3. The van der Waals surface area contributed by atoms with E-state index < -0.39 is 0 Å². The van der Waals surface area contributed by atoms with Crippen molar-refractivity contribution in [2.45, 2.75) is 34.1 Å². The van der Waals surface area contributed by atoms with Crippen molar-refractivity contribution in [2.75, 3.05) is 0 Å². The highest BCUT2D eigenvalue weighted by atomic mass is 32.1. The summed E-state index contributed by atoms with van der Waals surface area (Å²) in [5.74, 6) is 0.348. The Morgan fingerprint density at radius 2 is 1.90 bits per heavy atom. The van der Waals surface area contributed by atoms with Crippen LogP contribution in [0.15, 0.2) is 30.3 Å². The number of nitrogens with zero attached hydrogens (tertiary/aromatic N) is 3. The standard InChI is InChI=1S/C22H22N4O3S/c1-5-14-8-17(20(29)10-19(14)28)21-23-24-22(30)26(21)15-6-7-18-16(9-15)11(2)12(3)25(18)13(4)27/h6-10,28-29H,5H2,1-4H3,(H,24,30). The van der Waals surface area contributed by atoms with Crippen LogP contribution in [0.3, 0.4) is 0 Å². The van der Waals surface area contributed by atoms with Gasteiger partial charge in [-0.3, -0.25) is 19.0 Å². The van der Waals surface area contributed by atoms with Gasteiger partial charge in [-0.2, -0.15) is 5.10 Å². The van der Waals surface area contributed by atoms with E-state index in [1.54, 1.807) is 22.1 Å². The van der Waals surface area contributed by atoms with Crippen molar-refractivity contribution < 1.29 is 15.0 Å². The van der Waals surface area contributed by atoms with Crippen LogP contribution in [0.4, 0.5) is 0 Å². The van der Waals surface area contributed by atoms with E-state index in [0.29, 0.717) is 28.1 Å². The van der Waals surface area contributed by atoms with Crippen LogP contribution >= 0.6 is 12.2 Å². The molecule has 30 heavy (non-hydrogen) atoms. The normalized spacial score (nSPS) is 11.3. The molecule has 0 aliphatic heterocycles. The van der Waals surface area contributed by atoms with Gasteiger partial charge in [0.25, 0.3) is 0 Å². The molecular formula is C22H22N4O3S. The summed E-state index contributed by atoms with van der Waals surface area (Å²) in [6.45, 7) is 7.37. The molecular weight excluding hydrogens is 400 g/mol. The van der Waals surface area contributed by atoms with E-state index in [1.807, 2.05) is 39.0 Å². The SMILES string of the molecule is CCc1cc(-c2n[nH]c(=S)n2-c2ccc3c(c2)c(C)c(C)n3C(C)=O)c(O)cc1O. The van der Waals surface area contributed by atoms with E-state index in [-0.39, 0.29) is 17.4 Å². The maximum absolute atomic E-state index is 12.1. The summed E-state index contributed by atoms with van der Waals surface area (Å²) in [5.41, 5.74) is 4.66. The Morgan fingerprint density at radius 1 is 1.17 bits per heavy atom. The minimum atomic E-state index is -0.0872. The zero-order valence-corrected chi connectivity index (χ0v) is 18.0. The number of nitrogens with one attached hydrogen (secondary N) is 1. The monoisotopic (exact) mass is 422 g/mol. The molecule has 0 amide bonds. The zero-order valence-electron chi connectivity index (χ0n) is 17.1. The van der Waals surface area contributed by atoms with Crippen molar-refractivity contribution in [2.24, 2.45) is 0 Å². The van der Waals surface area contributed by atoms with Gasteiger partial charge in [0.15, 0.2) is 10.6 Å². The number of aryl methyl sites for hydroxylation is 2. The van der Waals surface area contributed by atoms with Crippen LogP contribution in [-0.4, -0.2) is 35.5 Å². The maximum Gasteiger partial charge on any atom is 0.228 e. The van der Waals surface area contributed by atoms with Crippen LogP contribution in [0.5, 0.6) is 11.5 Å². The third-order valence-electron chi connectivity index (χ3n) is 5.57. The summed E-state index contributed by atoms with van der Waals surface area (Å²) < 4.78 is 3.80. The second-order valence-corrected chi connectivity index (χ2v) is 7.69. The molecule has 4 aromatic rings. The fraction of sp³-hybridized carbons (Fsp3) is 0.227. The van der Waals surface area contributed by atoms with E-state index >= 15 is 0 Å². The number of aromatic hydroxyl groups is 2. The smallest absolute Gasteiger partial charge is 0.228 e. The van der Waals surface area contributed by atoms with Gasteiger partial charge >= 0.3 is 0 Å². The van der Waals surface area contributed by atoms with Gasteiger partial charge in [-0.25, -0.2) is 0 Å². The van der Waals surface area contributed by atoms with E-state index in [1.165, 1.54) is 6.07 Å². The molecule has 2 aromatic heterocycles. The lowest BCUT2D eigenvalue weighted by Crippen LogP contribution is -2.07. The summed E-state index contributed by atoms with van der Waals surface area (Å²) >= 11 is 5.47. The van der Waals surface area contributed by atoms with Crippen LogP contribution < -0.4 is 0 Å². The second-order valence-electron chi connectivity index (χ2n) is 7.31.